The molecule has 0 saturated heterocycles. The summed E-state index contributed by atoms with van der Waals surface area (Å²) >= 11 is 0. The van der Waals surface area contributed by atoms with E-state index in [1.807, 2.05) is 20.8 Å². The Morgan fingerprint density at radius 3 is 2.24 bits per heavy atom. The number of benzene rings is 1. The highest BCUT2D eigenvalue weighted by Gasteiger charge is 2.27. The predicted molar refractivity (Wildman–Crippen MR) is 81.1 cm³/mol. The summed E-state index contributed by atoms with van der Waals surface area (Å²) in [5.74, 6) is -0.0328. The van der Waals surface area contributed by atoms with Gasteiger partial charge in [-0.25, -0.2) is 13.1 Å². The zero-order valence-electron chi connectivity index (χ0n) is 12.6. The summed E-state index contributed by atoms with van der Waals surface area (Å²) in [6.45, 7) is 5.94. The topological polar surface area (TPSA) is 75.3 Å². The highest BCUT2D eigenvalue weighted by Crippen LogP contribution is 2.22. The minimum atomic E-state index is -3.41. The van der Waals surface area contributed by atoms with E-state index in [1.165, 1.54) is 0 Å². The monoisotopic (exact) mass is 310 g/mol. The SMILES string of the molecule is CC(C)(C)C(=O)NCc1ccc(S(=O)(=O)NC2CC2)cc1. The van der Waals surface area contributed by atoms with E-state index in [-0.39, 0.29) is 16.8 Å². The summed E-state index contributed by atoms with van der Waals surface area (Å²) in [5.41, 5.74) is 0.440. The van der Waals surface area contributed by atoms with Crippen molar-refractivity contribution < 1.29 is 13.2 Å². The Labute approximate surface area is 126 Å². The molecule has 0 spiro atoms. The van der Waals surface area contributed by atoms with Crippen LogP contribution in [0.25, 0.3) is 0 Å². The normalized spacial score (nSPS) is 15.8. The van der Waals surface area contributed by atoms with E-state index < -0.39 is 15.4 Å². The maximum atomic E-state index is 12.0. The third-order valence-electron chi connectivity index (χ3n) is 3.27. The Morgan fingerprint density at radius 1 is 1.19 bits per heavy atom. The van der Waals surface area contributed by atoms with E-state index in [2.05, 4.69) is 10.0 Å². The van der Waals surface area contributed by atoms with Crippen LogP contribution in [0.2, 0.25) is 0 Å². The zero-order chi connectivity index (χ0) is 15.7. The number of nitrogens with one attached hydrogen (secondary N) is 2. The number of carbonyl (C=O) groups is 1. The molecule has 0 bridgehead atoms. The van der Waals surface area contributed by atoms with Crippen LogP contribution in [0.15, 0.2) is 29.2 Å². The molecule has 2 N–H and O–H groups in total. The van der Waals surface area contributed by atoms with Gasteiger partial charge >= 0.3 is 0 Å². The van der Waals surface area contributed by atoms with Gasteiger partial charge in [-0.3, -0.25) is 4.79 Å². The molecule has 1 aliphatic rings. The van der Waals surface area contributed by atoms with E-state index in [0.717, 1.165) is 18.4 Å². The highest BCUT2D eigenvalue weighted by atomic mass is 32.2. The number of sulfonamides is 1. The van der Waals surface area contributed by atoms with Crippen LogP contribution < -0.4 is 10.0 Å². The van der Waals surface area contributed by atoms with Crippen molar-refractivity contribution in [1.29, 1.82) is 0 Å². The fourth-order valence-corrected chi connectivity index (χ4v) is 3.03. The van der Waals surface area contributed by atoms with Crippen LogP contribution >= 0.6 is 0 Å². The summed E-state index contributed by atoms with van der Waals surface area (Å²) in [4.78, 5) is 12.0. The van der Waals surface area contributed by atoms with Gasteiger partial charge in [0.05, 0.1) is 4.90 Å². The largest absolute Gasteiger partial charge is 0.352 e. The van der Waals surface area contributed by atoms with Gasteiger partial charge < -0.3 is 5.32 Å². The molecule has 0 aliphatic heterocycles. The lowest BCUT2D eigenvalue weighted by atomic mass is 9.95. The second kappa shape index (κ2) is 5.77. The molecule has 0 heterocycles. The van der Waals surface area contributed by atoms with Crippen LogP contribution in [0.1, 0.15) is 39.2 Å². The third-order valence-corrected chi connectivity index (χ3v) is 4.80. The second-order valence-corrected chi connectivity index (χ2v) is 8.19. The number of hydrogen-bond acceptors (Lipinski definition) is 3. The van der Waals surface area contributed by atoms with Gasteiger partial charge in [0.25, 0.3) is 0 Å². The molecule has 21 heavy (non-hydrogen) atoms. The van der Waals surface area contributed by atoms with Crippen molar-refractivity contribution in [1.82, 2.24) is 10.0 Å². The van der Waals surface area contributed by atoms with Gasteiger partial charge in [0, 0.05) is 18.0 Å². The molecule has 6 heteroatoms. The zero-order valence-corrected chi connectivity index (χ0v) is 13.5. The summed E-state index contributed by atoms with van der Waals surface area (Å²) in [7, 11) is -3.41. The molecule has 1 aromatic rings. The average Bonchev–Trinajstić information content (AvgIpc) is 3.18. The molecule has 0 aromatic heterocycles. The van der Waals surface area contributed by atoms with Gasteiger partial charge in [0.15, 0.2) is 0 Å². The molecule has 1 saturated carbocycles. The third kappa shape index (κ3) is 4.54. The van der Waals surface area contributed by atoms with Crippen molar-refractivity contribution in [2.45, 2.75) is 51.1 Å². The van der Waals surface area contributed by atoms with Crippen LogP contribution in [-0.2, 0) is 21.4 Å². The van der Waals surface area contributed by atoms with Crippen molar-refractivity contribution in [3.63, 3.8) is 0 Å². The number of amides is 1. The maximum absolute atomic E-state index is 12.0. The van der Waals surface area contributed by atoms with Crippen LogP contribution in [0.3, 0.4) is 0 Å². The molecule has 1 aliphatic carbocycles. The first-order chi connectivity index (χ1) is 9.68. The van der Waals surface area contributed by atoms with Crippen LogP contribution in [0.5, 0.6) is 0 Å². The van der Waals surface area contributed by atoms with Crippen molar-refractivity contribution in [3.05, 3.63) is 29.8 Å². The maximum Gasteiger partial charge on any atom is 0.240 e. The van der Waals surface area contributed by atoms with Gasteiger partial charge in [-0.1, -0.05) is 32.9 Å². The lowest BCUT2D eigenvalue weighted by Crippen LogP contribution is -2.34. The van der Waals surface area contributed by atoms with Gasteiger partial charge in [-0.05, 0) is 30.5 Å². The Balaban J connectivity index is 1.97. The molecule has 1 fully saturated rings. The summed E-state index contributed by atoms with van der Waals surface area (Å²) in [6, 6.07) is 6.70. The van der Waals surface area contributed by atoms with Gasteiger partial charge in [-0.15, -0.1) is 0 Å². The summed E-state index contributed by atoms with van der Waals surface area (Å²) < 4.78 is 26.7. The van der Waals surface area contributed by atoms with Gasteiger partial charge in [0.2, 0.25) is 15.9 Å². The average molecular weight is 310 g/mol. The minimum Gasteiger partial charge on any atom is -0.352 e. The summed E-state index contributed by atoms with van der Waals surface area (Å²) in [6.07, 6.45) is 1.83. The number of carbonyl (C=O) groups excluding carboxylic acids is 1. The lowest BCUT2D eigenvalue weighted by molar-refractivity contribution is -0.128. The van der Waals surface area contributed by atoms with Crippen LogP contribution in [0.4, 0.5) is 0 Å². The predicted octanol–water partition coefficient (Wildman–Crippen LogP) is 1.79. The van der Waals surface area contributed by atoms with E-state index in [9.17, 15) is 13.2 Å². The van der Waals surface area contributed by atoms with E-state index in [1.54, 1.807) is 24.3 Å². The van der Waals surface area contributed by atoms with Crippen LogP contribution in [-0.4, -0.2) is 20.4 Å². The number of hydrogen-bond donors (Lipinski definition) is 2. The van der Waals surface area contributed by atoms with Crippen molar-refractivity contribution in [3.8, 4) is 0 Å². The first-order valence-corrected chi connectivity index (χ1v) is 8.56. The van der Waals surface area contributed by atoms with Crippen molar-refractivity contribution in [2.75, 3.05) is 0 Å². The van der Waals surface area contributed by atoms with Gasteiger partial charge in [0.1, 0.15) is 0 Å². The number of rotatable bonds is 5. The molecule has 116 valence electrons. The van der Waals surface area contributed by atoms with Crippen molar-refractivity contribution in [2.24, 2.45) is 5.41 Å². The molecule has 0 radical (unpaired) electrons. The Morgan fingerprint density at radius 2 is 1.76 bits per heavy atom. The fraction of sp³-hybridized carbons (Fsp3) is 0.533. The highest BCUT2D eigenvalue weighted by molar-refractivity contribution is 7.89. The minimum absolute atomic E-state index is 0.0328. The molecule has 0 atom stereocenters. The Bertz CT molecular complexity index is 611. The molecule has 1 amide bonds. The Hall–Kier alpha value is -1.40. The van der Waals surface area contributed by atoms with Crippen LogP contribution in [0, 0.1) is 5.41 Å². The smallest absolute Gasteiger partial charge is 0.240 e. The van der Waals surface area contributed by atoms with E-state index in [4.69, 9.17) is 0 Å². The first kappa shape index (κ1) is 16.0. The molecular weight excluding hydrogens is 288 g/mol. The molecular formula is C15H22N2O3S. The molecule has 0 unspecified atom stereocenters. The lowest BCUT2D eigenvalue weighted by Gasteiger charge is -2.17. The second-order valence-electron chi connectivity index (χ2n) is 6.47. The fourth-order valence-electron chi connectivity index (χ4n) is 1.72. The molecule has 1 aromatic carbocycles. The standard InChI is InChI=1S/C15H22N2O3S/c1-15(2,3)14(18)16-10-11-4-8-13(9-5-11)21(19,20)17-12-6-7-12/h4-5,8-9,12,17H,6-7,10H2,1-3H3,(H,16,18). The van der Waals surface area contributed by atoms with Crippen molar-refractivity contribution >= 4 is 15.9 Å². The van der Waals surface area contributed by atoms with E-state index in [0.29, 0.717) is 6.54 Å². The molecule has 5 nitrogen and oxygen atoms in total. The van der Waals surface area contributed by atoms with E-state index >= 15 is 0 Å². The Kier molecular flexibility index (Phi) is 4.39. The summed E-state index contributed by atoms with van der Waals surface area (Å²) in [5, 5.41) is 2.84. The quantitative estimate of drug-likeness (QED) is 0.870. The molecule has 2 rings (SSSR count). The van der Waals surface area contributed by atoms with Gasteiger partial charge in [-0.2, -0.15) is 0 Å². The first-order valence-electron chi connectivity index (χ1n) is 7.08.